The Kier molecular flexibility index (Phi) is 6.09. The van der Waals surface area contributed by atoms with Crippen molar-refractivity contribution in [3.63, 3.8) is 0 Å². The summed E-state index contributed by atoms with van der Waals surface area (Å²) in [5, 5.41) is 16.6. The molecule has 0 saturated carbocycles. The molecule has 6 heteroatoms. The van der Waals surface area contributed by atoms with Crippen molar-refractivity contribution < 1.29 is 4.79 Å². The molecule has 1 N–H and O–H groups in total. The maximum Gasteiger partial charge on any atom is 0.223 e. The molecule has 1 aromatic carbocycles. The first-order chi connectivity index (χ1) is 12.2. The van der Waals surface area contributed by atoms with Crippen LogP contribution in [0, 0.1) is 17.2 Å². The average molecular weight is 374 g/mol. The van der Waals surface area contributed by atoms with Gasteiger partial charge in [0.2, 0.25) is 5.91 Å². The number of nitrogens with one attached hydrogen (secondary N) is 1. The Morgan fingerprint density at radius 2 is 2.16 bits per heavy atom. The van der Waals surface area contributed by atoms with Gasteiger partial charge in [0, 0.05) is 24.0 Å². The molecule has 0 radical (unpaired) electrons. The standard InChI is InChI=1S/C19H20ClN3OS/c20-18-9-14(10-21)1-2-17(18)11-22-19(24)16-3-6-23(7-4-16)12-15-5-8-25-13-15/h1-2,5,8-9,13,16H,3-4,6-7,11-12H2,(H,22,24). The van der Waals surface area contributed by atoms with Crippen molar-refractivity contribution in [2.75, 3.05) is 13.1 Å². The number of benzene rings is 1. The van der Waals surface area contributed by atoms with E-state index < -0.39 is 0 Å². The van der Waals surface area contributed by atoms with E-state index in [1.165, 1.54) is 5.56 Å². The van der Waals surface area contributed by atoms with E-state index in [-0.39, 0.29) is 11.8 Å². The van der Waals surface area contributed by atoms with Crippen molar-refractivity contribution in [2.24, 2.45) is 5.92 Å². The summed E-state index contributed by atoms with van der Waals surface area (Å²) in [7, 11) is 0. The molecular formula is C19H20ClN3OS. The molecular weight excluding hydrogens is 354 g/mol. The van der Waals surface area contributed by atoms with Gasteiger partial charge in [-0.25, -0.2) is 0 Å². The summed E-state index contributed by atoms with van der Waals surface area (Å²) in [5.41, 5.74) is 2.71. The van der Waals surface area contributed by atoms with E-state index in [9.17, 15) is 4.79 Å². The third-order valence-corrected chi connectivity index (χ3v) is 5.66. The fourth-order valence-electron chi connectivity index (χ4n) is 3.08. The second-order valence-electron chi connectivity index (χ2n) is 6.32. The van der Waals surface area contributed by atoms with E-state index >= 15 is 0 Å². The molecule has 0 unspecified atom stereocenters. The molecule has 1 aromatic heterocycles. The van der Waals surface area contributed by atoms with Crippen LogP contribution < -0.4 is 5.32 Å². The minimum absolute atomic E-state index is 0.0656. The van der Waals surface area contributed by atoms with Crippen LogP contribution in [-0.2, 0) is 17.9 Å². The molecule has 2 heterocycles. The molecule has 130 valence electrons. The summed E-state index contributed by atoms with van der Waals surface area (Å²) in [4.78, 5) is 14.8. The van der Waals surface area contributed by atoms with Gasteiger partial charge in [0.1, 0.15) is 0 Å². The molecule has 4 nitrogen and oxygen atoms in total. The highest BCUT2D eigenvalue weighted by Gasteiger charge is 2.24. The number of nitriles is 1. The third kappa shape index (κ3) is 4.82. The number of piperidine rings is 1. The number of halogens is 1. The Bertz CT molecular complexity index is 761. The summed E-state index contributed by atoms with van der Waals surface area (Å²) in [6, 6.07) is 9.36. The Hall–Kier alpha value is -1.87. The van der Waals surface area contributed by atoms with Crippen molar-refractivity contribution in [2.45, 2.75) is 25.9 Å². The van der Waals surface area contributed by atoms with Gasteiger partial charge in [-0.1, -0.05) is 17.7 Å². The van der Waals surface area contributed by atoms with Crippen LogP contribution in [0.15, 0.2) is 35.0 Å². The lowest BCUT2D eigenvalue weighted by molar-refractivity contribution is -0.126. The van der Waals surface area contributed by atoms with Gasteiger partial charge in [0.05, 0.1) is 11.6 Å². The first kappa shape index (κ1) is 17.9. The van der Waals surface area contributed by atoms with Gasteiger partial charge in [-0.15, -0.1) is 0 Å². The maximum absolute atomic E-state index is 12.4. The second kappa shape index (κ2) is 8.48. The number of amides is 1. The molecule has 1 fully saturated rings. The van der Waals surface area contributed by atoms with Crippen LogP contribution in [0.2, 0.25) is 5.02 Å². The quantitative estimate of drug-likeness (QED) is 0.867. The Morgan fingerprint density at radius 3 is 2.80 bits per heavy atom. The minimum Gasteiger partial charge on any atom is -0.352 e. The van der Waals surface area contributed by atoms with Gasteiger partial charge in [-0.05, 0) is 66.0 Å². The second-order valence-corrected chi connectivity index (χ2v) is 7.51. The number of likely N-dealkylation sites (tertiary alicyclic amines) is 1. The molecule has 1 amide bonds. The molecule has 2 aromatic rings. The van der Waals surface area contributed by atoms with Crippen LogP contribution in [0.3, 0.4) is 0 Å². The van der Waals surface area contributed by atoms with Crippen molar-refractivity contribution in [1.29, 1.82) is 5.26 Å². The molecule has 3 rings (SSSR count). The largest absolute Gasteiger partial charge is 0.352 e. The highest BCUT2D eigenvalue weighted by molar-refractivity contribution is 7.07. The number of nitrogens with zero attached hydrogens (tertiary/aromatic N) is 2. The first-order valence-electron chi connectivity index (χ1n) is 8.35. The highest BCUT2D eigenvalue weighted by Crippen LogP contribution is 2.21. The lowest BCUT2D eigenvalue weighted by Crippen LogP contribution is -2.40. The molecule has 0 spiro atoms. The van der Waals surface area contributed by atoms with Crippen LogP contribution in [0.25, 0.3) is 0 Å². The monoisotopic (exact) mass is 373 g/mol. The molecule has 0 bridgehead atoms. The predicted molar refractivity (Wildman–Crippen MR) is 100 cm³/mol. The smallest absolute Gasteiger partial charge is 0.223 e. The zero-order valence-electron chi connectivity index (χ0n) is 13.9. The normalized spacial score (nSPS) is 15.7. The molecule has 25 heavy (non-hydrogen) atoms. The number of hydrogen-bond acceptors (Lipinski definition) is 4. The van der Waals surface area contributed by atoms with Crippen molar-refractivity contribution in [3.05, 3.63) is 56.7 Å². The first-order valence-corrected chi connectivity index (χ1v) is 9.67. The van der Waals surface area contributed by atoms with Crippen LogP contribution in [-0.4, -0.2) is 23.9 Å². The Morgan fingerprint density at radius 1 is 1.36 bits per heavy atom. The molecule has 1 saturated heterocycles. The van der Waals surface area contributed by atoms with E-state index in [4.69, 9.17) is 16.9 Å². The van der Waals surface area contributed by atoms with Crippen molar-refractivity contribution in [3.8, 4) is 6.07 Å². The van der Waals surface area contributed by atoms with E-state index in [1.807, 2.05) is 0 Å². The van der Waals surface area contributed by atoms with E-state index in [2.05, 4.69) is 33.1 Å². The predicted octanol–water partition coefficient (Wildman–Crippen LogP) is 3.80. The van der Waals surface area contributed by atoms with Crippen LogP contribution >= 0.6 is 22.9 Å². The van der Waals surface area contributed by atoms with Crippen LogP contribution in [0.1, 0.15) is 29.5 Å². The van der Waals surface area contributed by atoms with Gasteiger partial charge in [0.25, 0.3) is 0 Å². The van der Waals surface area contributed by atoms with Gasteiger partial charge in [-0.3, -0.25) is 9.69 Å². The van der Waals surface area contributed by atoms with Gasteiger partial charge in [-0.2, -0.15) is 16.6 Å². The lowest BCUT2D eigenvalue weighted by Gasteiger charge is -2.31. The number of carbonyl (C=O) groups excluding carboxylic acids is 1. The van der Waals surface area contributed by atoms with E-state index in [0.29, 0.717) is 17.1 Å². The summed E-state index contributed by atoms with van der Waals surface area (Å²) in [6.45, 7) is 3.27. The molecule has 1 aliphatic heterocycles. The summed E-state index contributed by atoms with van der Waals surface area (Å²) in [6.07, 6.45) is 1.77. The SMILES string of the molecule is N#Cc1ccc(CNC(=O)C2CCN(Cc3ccsc3)CC2)c(Cl)c1. The molecule has 1 aliphatic rings. The topological polar surface area (TPSA) is 56.1 Å². The third-order valence-electron chi connectivity index (χ3n) is 4.58. The minimum atomic E-state index is 0.0656. The number of rotatable bonds is 5. The lowest BCUT2D eigenvalue weighted by atomic mass is 9.95. The Labute approximate surface area is 157 Å². The van der Waals surface area contributed by atoms with Gasteiger partial charge < -0.3 is 5.32 Å². The number of hydrogen-bond donors (Lipinski definition) is 1. The average Bonchev–Trinajstić information content (AvgIpc) is 3.14. The maximum atomic E-state index is 12.4. The fraction of sp³-hybridized carbons (Fsp3) is 0.368. The van der Waals surface area contributed by atoms with Crippen LogP contribution in [0.5, 0.6) is 0 Å². The van der Waals surface area contributed by atoms with E-state index in [0.717, 1.165) is 38.0 Å². The van der Waals surface area contributed by atoms with Gasteiger partial charge >= 0.3 is 0 Å². The van der Waals surface area contributed by atoms with E-state index in [1.54, 1.807) is 29.5 Å². The molecule has 0 aliphatic carbocycles. The summed E-state index contributed by atoms with van der Waals surface area (Å²) < 4.78 is 0. The number of carbonyl (C=O) groups is 1. The fourth-order valence-corrected chi connectivity index (χ4v) is 3.99. The highest BCUT2D eigenvalue weighted by atomic mass is 35.5. The Balaban J connectivity index is 1.46. The van der Waals surface area contributed by atoms with Crippen molar-refractivity contribution >= 4 is 28.8 Å². The van der Waals surface area contributed by atoms with Crippen LogP contribution in [0.4, 0.5) is 0 Å². The zero-order chi connectivity index (χ0) is 17.6. The van der Waals surface area contributed by atoms with Gasteiger partial charge in [0.15, 0.2) is 0 Å². The number of thiophene rings is 1. The zero-order valence-corrected chi connectivity index (χ0v) is 15.4. The summed E-state index contributed by atoms with van der Waals surface area (Å²) in [5.74, 6) is 0.159. The van der Waals surface area contributed by atoms with Crippen molar-refractivity contribution in [1.82, 2.24) is 10.2 Å². The molecule has 0 atom stereocenters. The summed E-state index contributed by atoms with van der Waals surface area (Å²) >= 11 is 7.88.